The lowest BCUT2D eigenvalue weighted by atomic mass is 10.0. The Balaban J connectivity index is 1.88. The summed E-state index contributed by atoms with van der Waals surface area (Å²) in [5, 5.41) is 6.09. The van der Waals surface area contributed by atoms with E-state index in [1.807, 2.05) is 31.3 Å². The summed E-state index contributed by atoms with van der Waals surface area (Å²) in [6.45, 7) is 2.20. The zero-order valence-electron chi connectivity index (χ0n) is 12.0. The number of likely N-dealkylation sites (N-methyl/N-ethyl adjacent to an activating group) is 1. The summed E-state index contributed by atoms with van der Waals surface area (Å²) < 4.78 is 10.5. The van der Waals surface area contributed by atoms with Crippen molar-refractivity contribution in [1.29, 1.82) is 0 Å². The maximum Gasteiger partial charge on any atom is 0.227 e. The molecule has 20 heavy (non-hydrogen) atoms. The number of amides is 1. The zero-order valence-corrected chi connectivity index (χ0v) is 12.0. The Morgan fingerprint density at radius 2 is 2.20 bits per heavy atom. The van der Waals surface area contributed by atoms with Crippen molar-refractivity contribution in [3.8, 4) is 0 Å². The number of carbonyl (C=O) groups is 1. The number of methoxy groups -OCH3 is 1. The van der Waals surface area contributed by atoms with Crippen LogP contribution in [0.15, 0.2) is 24.3 Å². The van der Waals surface area contributed by atoms with Gasteiger partial charge >= 0.3 is 0 Å². The molecule has 2 rings (SSSR count). The highest BCUT2D eigenvalue weighted by Crippen LogP contribution is 2.14. The van der Waals surface area contributed by atoms with E-state index in [-0.39, 0.29) is 17.9 Å². The van der Waals surface area contributed by atoms with Gasteiger partial charge in [0.2, 0.25) is 5.91 Å². The second kappa shape index (κ2) is 7.38. The van der Waals surface area contributed by atoms with Gasteiger partial charge in [-0.2, -0.15) is 0 Å². The van der Waals surface area contributed by atoms with E-state index in [1.165, 1.54) is 0 Å². The Labute approximate surface area is 119 Å². The fourth-order valence-corrected chi connectivity index (χ4v) is 2.41. The molecular formula is C15H22N2O3. The summed E-state index contributed by atoms with van der Waals surface area (Å²) in [4.78, 5) is 12.1. The van der Waals surface area contributed by atoms with Crippen LogP contribution in [0.2, 0.25) is 0 Å². The van der Waals surface area contributed by atoms with Crippen molar-refractivity contribution in [2.75, 3.05) is 27.4 Å². The third-order valence-electron chi connectivity index (χ3n) is 3.56. The molecule has 0 aromatic heterocycles. The minimum atomic E-state index is -0.109. The van der Waals surface area contributed by atoms with Gasteiger partial charge in [-0.3, -0.25) is 4.79 Å². The van der Waals surface area contributed by atoms with E-state index in [9.17, 15) is 4.79 Å². The van der Waals surface area contributed by atoms with E-state index in [0.29, 0.717) is 26.4 Å². The molecule has 110 valence electrons. The Bertz CT molecular complexity index is 450. The number of hydrogen-bond acceptors (Lipinski definition) is 4. The van der Waals surface area contributed by atoms with Gasteiger partial charge in [0.15, 0.2) is 0 Å². The highest BCUT2D eigenvalue weighted by molar-refractivity contribution is 5.79. The standard InChI is InChI=1S/C15H22N2O3/c1-16-14-10-20-9-13(14)15(18)17-7-11-4-3-5-12(6-11)8-19-2/h3-6,13-14,16H,7-10H2,1-2H3,(H,17,18). The Morgan fingerprint density at radius 1 is 1.40 bits per heavy atom. The van der Waals surface area contributed by atoms with Crippen LogP contribution < -0.4 is 10.6 Å². The Kier molecular flexibility index (Phi) is 5.52. The molecule has 5 heteroatoms. The van der Waals surface area contributed by atoms with Gasteiger partial charge in [-0.25, -0.2) is 0 Å². The number of hydrogen-bond donors (Lipinski definition) is 2. The van der Waals surface area contributed by atoms with Crippen LogP contribution in [-0.2, 0) is 27.4 Å². The van der Waals surface area contributed by atoms with Crippen molar-refractivity contribution in [2.24, 2.45) is 5.92 Å². The van der Waals surface area contributed by atoms with Gasteiger partial charge in [-0.15, -0.1) is 0 Å². The molecule has 1 aliphatic heterocycles. The molecule has 1 saturated heterocycles. The SMILES string of the molecule is CNC1COCC1C(=O)NCc1cccc(COC)c1. The first-order chi connectivity index (χ1) is 9.74. The fraction of sp³-hybridized carbons (Fsp3) is 0.533. The normalized spacial score (nSPS) is 21.9. The lowest BCUT2D eigenvalue weighted by Gasteiger charge is -2.16. The van der Waals surface area contributed by atoms with Crippen LogP contribution >= 0.6 is 0 Å². The van der Waals surface area contributed by atoms with Crippen LogP contribution in [-0.4, -0.2) is 39.3 Å². The quantitative estimate of drug-likeness (QED) is 0.803. The molecule has 1 aliphatic rings. The average molecular weight is 278 g/mol. The van der Waals surface area contributed by atoms with Gasteiger partial charge in [-0.1, -0.05) is 24.3 Å². The molecule has 1 amide bonds. The van der Waals surface area contributed by atoms with Crippen LogP contribution in [0.1, 0.15) is 11.1 Å². The predicted molar refractivity (Wildman–Crippen MR) is 76.2 cm³/mol. The monoisotopic (exact) mass is 278 g/mol. The summed E-state index contributed by atoms with van der Waals surface area (Å²) in [6, 6.07) is 8.14. The first-order valence-electron chi connectivity index (χ1n) is 6.84. The molecule has 0 bridgehead atoms. The first kappa shape index (κ1) is 15.0. The minimum Gasteiger partial charge on any atom is -0.380 e. The molecular weight excluding hydrogens is 256 g/mol. The van der Waals surface area contributed by atoms with E-state index in [0.717, 1.165) is 11.1 Å². The molecule has 0 aliphatic carbocycles. The third kappa shape index (κ3) is 3.79. The van der Waals surface area contributed by atoms with Crippen LogP contribution in [0.3, 0.4) is 0 Å². The molecule has 1 aromatic carbocycles. The molecule has 0 spiro atoms. The highest BCUT2D eigenvalue weighted by Gasteiger charge is 2.32. The number of carbonyl (C=O) groups excluding carboxylic acids is 1. The highest BCUT2D eigenvalue weighted by atomic mass is 16.5. The van der Waals surface area contributed by atoms with Gasteiger partial charge in [0, 0.05) is 19.7 Å². The first-order valence-corrected chi connectivity index (χ1v) is 6.84. The summed E-state index contributed by atoms with van der Waals surface area (Å²) >= 11 is 0. The zero-order chi connectivity index (χ0) is 14.4. The van der Waals surface area contributed by atoms with Gasteiger partial charge in [0.25, 0.3) is 0 Å². The largest absolute Gasteiger partial charge is 0.380 e. The average Bonchev–Trinajstić information content (AvgIpc) is 2.94. The maximum atomic E-state index is 12.1. The number of rotatable bonds is 6. The van der Waals surface area contributed by atoms with E-state index in [1.54, 1.807) is 7.11 Å². The summed E-state index contributed by atoms with van der Waals surface area (Å²) in [5.74, 6) is -0.0684. The predicted octanol–water partition coefficient (Wildman–Crippen LogP) is 0.684. The lowest BCUT2D eigenvalue weighted by molar-refractivity contribution is -0.125. The molecule has 5 nitrogen and oxygen atoms in total. The van der Waals surface area contributed by atoms with E-state index in [2.05, 4.69) is 10.6 Å². The number of ether oxygens (including phenoxy) is 2. The smallest absolute Gasteiger partial charge is 0.227 e. The Morgan fingerprint density at radius 3 is 2.95 bits per heavy atom. The van der Waals surface area contributed by atoms with Crippen LogP contribution in [0.4, 0.5) is 0 Å². The van der Waals surface area contributed by atoms with Crippen molar-refractivity contribution >= 4 is 5.91 Å². The number of benzene rings is 1. The summed E-state index contributed by atoms with van der Waals surface area (Å²) in [7, 11) is 3.53. The van der Waals surface area contributed by atoms with Crippen molar-refractivity contribution in [2.45, 2.75) is 19.2 Å². The second-order valence-electron chi connectivity index (χ2n) is 5.01. The second-order valence-corrected chi connectivity index (χ2v) is 5.01. The molecule has 1 heterocycles. The van der Waals surface area contributed by atoms with Crippen molar-refractivity contribution in [3.63, 3.8) is 0 Å². The molecule has 1 aromatic rings. The third-order valence-corrected chi connectivity index (χ3v) is 3.56. The summed E-state index contributed by atoms with van der Waals surface area (Å²) in [6.07, 6.45) is 0. The van der Waals surface area contributed by atoms with Gasteiger partial charge in [0.1, 0.15) is 0 Å². The molecule has 2 unspecified atom stereocenters. The van der Waals surface area contributed by atoms with Gasteiger partial charge in [-0.05, 0) is 18.2 Å². The van der Waals surface area contributed by atoms with Crippen LogP contribution in [0, 0.1) is 5.92 Å². The molecule has 0 radical (unpaired) electrons. The summed E-state index contributed by atoms with van der Waals surface area (Å²) in [5.41, 5.74) is 2.18. The fourth-order valence-electron chi connectivity index (χ4n) is 2.41. The van der Waals surface area contributed by atoms with E-state index < -0.39 is 0 Å². The minimum absolute atomic E-state index is 0.0407. The molecule has 2 N–H and O–H groups in total. The van der Waals surface area contributed by atoms with E-state index >= 15 is 0 Å². The van der Waals surface area contributed by atoms with Crippen LogP contribution in [0.5, 0.6) is 0 Å². The topological polar surface area (TPSA) is 59.6 Å². The lowest BCUT2D eigenvalue weighted by Crippen LogP contribution is -2.42. The van der Waals surface area contributed by atoms with Crippen LogP contribution in [0.25, 0.3) is 0 Å². The molecule has 1 fully saturated rings. The van der Waals surface area contributed by atoms with Crippen molar-refractivity contribution in [1.82, 2.24) is 10.6 Å². The van der Waals surface area contributed by atoms with Crippen molar-refractivity contribution in [3.05, 3.63) is 35.4 Å². The maximum absolute atomic E-state index is 12.1. The Hall–Kier alpha value is -1.43. The molecule has 2 atom stereocenters. The van der Waals surface area contributed by atoms with Crippen molar-refractivity contribution < 1.29 is 14.3 Å². The molecule has 0 saturated carbocycles. The number of nitrogens with one attached hydrogen (secondary N) is 2. The van der Waals surface area contributed by atoms with Gasteiger partial charge < -0.3 is 20.1 Å². The van der Waals surface area contributed by atoms with E-state index in [4.69, 9.17) is 9.47 Å². The van der Waals surface area contributed by atoms with Gasteiger partial charge in [0.05, 0.1) is 25.7 Å².